The summed E-state index contributed by atoms with van der Waals surface area (Å²) in [5, 5.41) is 1.06. The number of ether oxygens (including phenoxy) is 3. The molecule has 0 spiro atoms. The molecule has 4 aliphatic heterocycles. The molecule has 3 fully saturated rings. The Morgan fingerprint density at radius 1 is 1.18 bits per heavy atom. The van der Waals surface area contributed by atoms with E-state index >= 15 is 0 Å². The Morgan fingerprint density at radius 3 is 2.91 bits per heavy atom. The van der Waals surface area contributed by atoms with Gasteiger partial charge in [0, 0.05) is 23.7 Å². The predicted molar refractivity (Wildman–Crippen MR) is 129 cm³/mol. The minimum absolute atomic E-state index is 0.188. The van der Waals surface area contributed by atoms with Crippen molar-refractivity contribution in [3.63, 3.8) is 0 Å². The molecule has 4 aliphatic rings. The van der Waals surface area contributed by atoms with Crippen LogP contribution in [0.5, 0.6) is 11.5 Å². The van der Waals surface area contributed by atoms with E-state index in [-0.39, 0.29) is 31.3 Å². The lowest BCUT2D eigenvalue weighted by atomic mass is 9.72. The van der Waals surface area contributed by atoms with Crippen LogP contribution < -0.4 is 9.47 Å². The van der Waals surface area contributed by atoms with E-state index in [0.29, 0.717) is 11.7 Å². The van der Waals surface area contributed by atoms with Crippen molar-refractivity contribution >= 4 is 16.9 Å². The topological polar surface area (TPSA) is 60.9 Å². The van der Waals surface area contributed by atoms with Crippen molar-refractivity contribution in [1.82, 2.24) is 9.88 Å². The average molecular weight is 459 g/mol. The molecule has 6 nitrogen and oxygen atoms in total. The highest BCUT2D eigenvalue weighted by Crippen LogP contribution is 2.44. The molecule has 1 unspecified atom stereocenters. The van der Waals surface area contributed by atoms with E-state index in [2.05, 4.69) is 22.9 Å². The number of benzene rings is 2. The maximum Gasteiger partial charge on any atom is 0.310 e. The fourth-order valence-corrected chi connectivity index (χ4v) is 6.07. The molecule has 3 saturated heterocycles. The minimum atomic E-state index is -0.324. The Bertz CT molecular complexity index is 1210. The first-order valence-electron chi connectivity index (χ1n) is 12.4. The van der Waals surface area contributed by atoms with Crippen LogP contribution in [-0.2, 0) is 16.0 Å². The van der Waals surface area contributed by atoms with Gasteiger partial charge < -0.3 is 14.2 Å². The number of piperidine rings is 3. The van der Waals surface area contributed by atoms with Crippen LogP contribution in [0, 0.1) is 11.8 Å². The Morgan fingerprint density at radius 2 is 2.06 bits per heavy atom. The quantitative estimate of drug-likeness (QED) is 0.489. The number of hydrogen-bond acceptors (Lipinski definition) is 6. The van der Waals surface area contributed by atoms with Crippen LogP contribution in [0.15, 0.2) is 54.7 Å². The minimum Gasteiger partial charge on any atom is -0.456 e. The number of carbonyl (C=O) groups is 1. The lowest BCUT2D eigenvalue weighted by Gasteiger charge is -2.51. The van der Waals surface area contributed by atoms with Gasteiger partial charge in [-0.2, -0.15) is 0 Å². The Kier molecular flexibility index (Phi) is 5.61. The predicted octanol–water partition coefficient (Wildman–Crippen LogP) is 4.91. The van der Waals surface area contributed by atoms with Gasteiger partial charge in [0.2, 0.25) is 6.79 Å². The average Bonchev–Trinajstić information content (AvgIpc) is 3.35. The van der Waals surface area contributed by atoms with E-state index in [4.69, 9.17) is 14.2 Å². The first kappa shape index (κ1) is 21.4. The van der Waals surface area contributed by atoms with Gasteiger partial charge in [-0.25, -0.2) is 0 Å². The molecule has 176 valence electrons. The second-order valence-corrected chi connectivity index (χ2v) is 9.71. The van der Waals surface area contributed by atoms with Crippen molar-refractivity contribution in [1.29, 1.82) is 0 Å². The third kappa shape index (κ3) is 3.90. The van der Waals surface area contributed by atoms with E-state index in [9.17, 15) is 4.79 Å². The summed E-state index contributed by atoms with van der Waals surface area (Å²) < 4.78 is 17.2. The van der Waals surface area contributed by atoms with Crippen LogP contribution in [0.25, 0.3) is 10.9 Å². The molecule has 5 atom stereocenters. The normalized spacial score (nSPS) is 25.9. The maximum atomic E-state index is 13.3. The van der Waals surface area contributed by atoms with Gasteiger partial charge in [0.15, 0.2) is 11.5 Å². The lowest BCUT2D eigenvalue weighted by Crippen LogP contribution is -2.55. The summed E-state index contributed by atoms with van der Waals surface area (Å²) >= 11 is 0. The van der Waals surface area contributed by atoms with Crippen LogP contribution >= 0.6 is 0 Å². The zero-order valence-electron chi connectivity index (χ0n) is 19.5. The molecule has 0 N–H and O–H groups in total. The van der Waals surface area contributed by atoms with Crippen LogP contribution in [0.2, 0.25) is 0 Å². The van der Waals surface area contributed by atoms with Gasteiger partial charge in [0.25, 0.3) is 0 Å². The number of hydrogen-bond donors (Lipinski definition) is 0. The summed E-state index contributed by atoms with van der Waals surface area (Å²) in [5.41, 5.74) is 2.85. The second-order valence-electron chi connectivity index (χ2n) is 9.71. The van der Waals surface area contributed by atoms with Crippen LogP contribution in [0.4, 0.5) is 0 Å². The van der Waals surface area contributed by atoms with E-state index in [1.54, 1.807) is 0 Å². The first-order valence-corrected chi connectivity index (χ1v) is 12.4. The molecule has 2 bridgehead atoms. The fraction of sp³-hybridized carbons (Fsp3) is 0.429. The molecule has 2 aromatic carbocycles. The lowest BCUT2D eigenvalue weighted by molar-refractivity contribution is -0.157. The van der Waals surface area contributed by atoms with Gasteiger partial charge in [0.1, 0.15) is 6.10 Å². The first-order chi connectivity index (χ1) is 16.7. The Balaban J connectivity index is 1.30. The maximum absolute atomic E-state index is 13.3. The molecule has 3 aromatic rings. The van der Waals surface area contributed by atoms with Gasteiger partial charge >= 0.3 is 5.97 Å². The summed E-state index contributed by atoms with van der Waals surface area (Å²) in [7, 11) is 0. The van der Waals surface area contributed by atoms with Gasteiger partial charge in [-0.3, -0.25) is 14.7 Å². The van der Waals surface area contributed by atoms with Gasteiger partial charge in [-0.15, -0.1) is 0 Å². The van der Waals surface area contributed by atoms with Gasteiger partial charge in [0.05, 0.1) is 18.0 Å². The zero-order valence-corrected chi connectivity index (χ0v) is 19.5. The highest BCUT2D eigenvalue weighted by Gasteiger charge is 2.44. The van der Waals surface area contributed by atoms with Crippen LogP contribution in [-0.4, -0.2) is 41.8 Å². The number of carbonyl (C=O) groups excluding carboxylic acids is 1. The standard InChI is InChI=1S/C28H30N2O4/c1-2-19-16-30-12-10-20(19)15-24(30)28(22-9-11-29-23-6-4-3-5-21(22)23)34-27(31)14-18-7-8-25-26(13-18)33-17-32-25/h3-9,11,13,19-20,24,28H,2,10,12,14-17H2,1H3/t19-,20+,24-,28+/m0/s1. The number of nitrogens with zero attached hydrogens (tertiary/aromatic N) is 2. The molecule has 0 radical (unpaired) electrons. The Labute approximate surface area is 199 Å². The summed E-state index contributed by atoms with van der Waals surface area (Å²) in [4.78, 5) is 20.4. The summed E-state index contributed by atoms with van der Waals surface area (Å²) in [6.07, 6.45) is 5.22. The molecule has 34 heavy (non-hydrogen) atoms. The number of fused-ring (bicyclic) bond motifs is 5. The van der Waals surface area contributed by atoms with Crippen molar-refractivity contribution in [2.24, 2.45) is 11.8 Å². The summed E-state index contributed by atoms with van der Waals surface area (Å²) in [6.45, 7) is 4.68. The highest BCUT2D eigenvalue weighted by molar-refractivity contribution is 5.83. The number of rotatable bonds is 6. The number of aromatic nitrogens is 1. The van der Waals surface area contributed by atoms with Crippen LogP contribution in [0.3, 0.4) is 0 Å². The van der Waals surface area contributed by atoms with Crippen molar-refractivity contribution in [3.05, 3.63) is 65.9 Å². The van der Waals surface area contributed by atoms with Gasteiger partial charge in [-0.05, 0) is 61.1 Å². The molecule has 1 aromatic heterocycles. The van der Waals surface area contributed by atoms with Crippen molar-refractivity contribution in [2.45, 2.75) is 44.8 Å². The zero-order chi connectivity index (χ0) is 23.1. The SMILES string of the molecule is CC[C@H]1CN2CC[C@@H]1C[C@H]2[C@H](OC(=O)Cc1ccc2c(c1)OCO2)c1ccnc2ccccc12. The smallest absolute Gasteiger partial charge is 0.310 e. The molecule has 5 heterocycles. The van der Waals surface area contributed by atoms with Crippen molar-refractivity contribution in [2.75, 3.05) is 19.9 Å². The largest absolute Gasteiger partial charge is 0.456 e. The van der Waals surface area contributed by atoms with E-state index in [1.807, 2.05) is 48.7 Å². The number of pyridine rings is 1. The summed E-state index contributed by atoms with van der Waals surface area (Å²) in [5.74, 6) is 2.62. The monoisotopic (exact) mass is 458 g/mol. The molecule has 7 rings (SSSR count). The molecular formula is C28H30N2O4. The van der Waals surface area contributed by atoms with Crippen molar-refractivity contribution < 1.29 is 19.0 Å². The fourth-order valence-electron chi connectivity index (χ4n) is 6.07. The molecule has 0 saturated carbocycles. The molecule has 0 aliphatic carbocycles. The summed E-state index contributed by atoms with van der Waals surface area (Å²) in [6, 6.07) is 16.0. The number of esters is 1. The van der Waals surface area contributed by atoms with E-state index in [0.717, 1.165) is 53.2 Å². The highest BCUT2D eigenvalue weighted by atomic mass is 16.7. The van der Waals surface area contributed by atoms with Crippen LogP contribution in [0.1, 0.15) is 43.4 Å². The molecule has 0 amide bonds. The third-order valence-electron chi connectivity index (χ3n) is 7.84. The van der Waals surface area contributed by atoms with Crippen molar-refractivity contribution in [3.8, 4) is 11.5 Å². The molecular weight excluding hydrogens is 428 g/mol. The second kappa shape index (κ2) is 8.91. The molecule has 6 heteroatoms. The third-order valence-corrected chi connectivity index (χ3v) is 7.84. The van der Waals surface area contributed by atoms with E-state index < -0.39 is 0 Å². The van der Waals surface area contributed by atoms with Gasteiger partial charge in [-0.1, -0.05) is 37.6 Å². The Hall–Kier alpha value is -3.12. The van der Waals surface area contributed by atoms with E-state index in [1.165, 1.54) is 12.8 Å². The number of para-hydroxylation sites is 1.